The standard InChI is InChI=1S/C20H30N2O3/c1-16(2)25-15-7-13-21-19(24)20(3)12-10-18(23)22(20)14-11-17-8-5-4-6-9-17/h4-6,8-9,16H,7,10-15H2,1-3H3,(H,21,24)/t20-/m0/s1. The normalized spacial score (nSPS) is 20.3. The van der Waals surface area contributed by atoms with Crippen LogP contribution in [0.15, 0.2) is 30.3 Å². The maximum absolute atomic E-state index is 12.7. The second-order valence-corrected chi connectivity index (χ2v) is 7.08. The van der Waals surface area contributed by atoms with Crippen molar-refractivity contribution in [1.82, 2.24) is 10.2 Å². The number of hydrogen-bond donors (Lipinski definition) is 1. The number of benzene rings is 1. The number of amides is 2. The fourth-order valence-electron chi connectivity index (χ4n) is 3.17. The van der Waals surface area contributed by atoms with Gasteiger partial charge in [0.1, 0.15) is 5.54 Å². The summed E-state index contributed by atoms with van der Waals surface area (Å²) >= 11 is 0. The van der Waals surface area contributed by atoms with Crippen LogP contribution in [0.4, 0.5) is 0 Å². The summed E-state index contributed by atoms with van der Waals surface area (Å²) in [5.74, 6) is 0.00711. The van der Waals surface area contributed by atoms with Crippen LogP contribution in [0, 0.1) is 0 Å². The van der Waals surface area contributed by atoms with Crippen LogP contribution in [-0.2, 0) is 20.7 Å². The molecule has 1 aliphatic heterocycles. The molecule has 1 aromatic rings. The van der Waals surface area contributed by atoms with Gasteiger partial charge in [0.05, 0.1) is 6.10 Å². The molecule has 1 fully saturated rings. The summed E-state index contributed by atoms with van der Waals surface area (Å²) in [4.78, 5) is 26.7. The number of carbonyl (C=O) groups excluding carboxylic acids is 2. The van der Waals surface area contributed by atoms with E-state index in [1.54, 1.807) is 4.90 Å². The molecular formula is C20H30N2O3. The van der Waals surface area contributed by atoms with Crippen molar-refractivity contribution < 1.29 is 14.3 Å². The Balaban J connectivity index is 1.87. The Hall–Kier alpha value is -1.88. The Bertz CT molecular complexity index is 574. The lowest BCUT2D eigenvalue weighted by Gasteiger charge is -2.34. The van der Waals surface area contributed by atoms with Gasteiger partial charge in [0.2, 0.25) is 11.8 Å². The highest BCUT2D eigenvalue weighted by molar-refractivity contribution is 5.94. The first-order valence-electron chi connectivity index (χ1n) is 9.18. The molecule has 0 radical (unpaired) electrons. The molecule has 5 nitrogen and oxygen atoms in total. The van der Waals surface area contributed by atoms with Crippen LogP contribution in [0.3, 0.4) is 0 Å². The predicted octanol–water partition coefficient (Wildman–Crippen LogP) is 2.54. The molecule has 1 atom stereocenters. The molecule has 2 amide bonds. The van der Waals surface area contributed by atoms with E-state index >= 15 is 0 Å². The summed E-state index contributed by atoms with van der Waals surface area (Å²) in [6, 6.07) is 10.1. The van der Waals surface area contributed by atoms with Crippen LogP contribution >= 0.6 is 0 Å². The number of hydrogen-bond acceptors (Lipinski definition) is 3. The molecule has 0 aromatic heterocycles. The topological polar surface area (TPSA) is 58.6 Å². The summed E-state index contributed by atoms with van der Waals surface area (Å²) in [5, 5.41) is 2.97. The van der Waals surface area contributed by atoms with E-state index in [-0.39, 0.29) is 17.9 Å². The summed E-state index contributed by atoms with van der Waals surface area (Å²) in [5.41, 5.74) is 0.431. The average molecular weight is 346 g/mol. The first kappa shape index (κ1) is 19.4. The number of rotatable bonds is 9. The van der Waals surface area contributed by atoms with Gasteiger partial charge in [0.15, 0.2) is 0 Å². The SMILES string of the molecule is CC(C)OCCCNC(=O)[C@]1(C)CCC(=O)N1CCc1ccccc1. The minimum absolute atomic E-state index is 0.0593. The van der Waals surface area contributed by atoms with E-state index in [2.05, 4.69) is 5.32 Å². The third-order valence-electron chi connectivity index (χ3n) is 4.74. The van der Waals surface area contributed by atoms with E-state index in [9.17, 15) is 9.59 Å². The number of nitrogens with zero attached hydrogens (tertiary/aromatic N) is 1. The molecule has 1 heterocycles. The van der Waals surface area contributed by atoms with Crippen LogP contribution < -0.4 is 5.32 Å². The summed E-state index contributed by atoms with van der Waals surface area (Å²) < 4.78 is 5.48. The number of ether oxygens (including phenoxy) is 1. The molecule has 1 aromatic carbocycles. The van der Waals surface area contributed by atoms with Crippen molar-refractivity contribution in [3.63, 3.8) is 0 Å². The molecule has 0 saturated carbocycles. The van der Waals surface area contributed by atoms with E-state index in [1.165, 1.54) is 5.56 Å². The van der Waals surface area contributed by atoms with Crippen molar-refractivity contribution >= 4 is 11.8 Å². The fourth-order valence-corrected chi connectivity index (χ4v) is 3.17. The van der Waals surface area contributed by atoms with Crippen LogP contribution in [0.25, 0.3) is 0 Å². The Morgan fingerprint density at radius 1 is 1.32 bits per heavy atom. The highest BCUT2D eigenvalue weighted by atomic mass is 16.5. The summed E-state index contributed by atoms with van der Waals surface area (Å²) in [7, 11) is 0. The van der Waals surface area contributed by atoms with Crippen LogP contribution in [0.2, 0.25) is 0 Å². The Labute approximate surface area is 150 Å². The summed E-state index contributed by atoms with van der Waals surface area (Å²) in [6.45, 7) is 7.64. The van der Waals surface area contributed by atoms with Gasteiger partial charge >= 0.3 is 0 Å². The smallest absolute Gasteiger partial charge is 0.245 e. The van der Waals surface area contributed by atoms with Gasteiger partial charge in [-0.2, -0.15) is 0 Å². The van der Waals surface area contributed by atoms with Gasteiger partial charge in [-0.05, 0) is 45.6 Å². The van der Waals surface area contributed by atoms with E-state index in [0.29, 0.717) is 32.5 Å². The molecular weight excluding hydrogens is 316 g/mol. The number of nitrogens with one attached hydrogen (secondary N) is 1. The first-order valence-corrected chi connectivity index (χ1v) is 9.18. The van der Waals surface area contributed by atoms with Gasteiger partial charge in [-0.15, -0.1) is 0 Å². The maximum Gasteiger partial charge on any atom is 0.245 e. The Morgan fingerprint density at radius 3 is 2.72 bits per heavy atom. The molecule has 1 saturated heterocycles. The van der Waals surface area contributed by atoms with E-state index in [4.69, 9.17) is 4.74 Å². The fraction of sp³-hybridized carbons (Fsp3) is 0.600. The molecule has 2 rings (SSSR count). The number of likely N-dealkylation sites (tertiary alicyclic amines) is 1. The Morgan fingerprint density at radius 2 is 2.04 bits per heavy atom. The monoisotopic (exact) mass is 346 g/mol. The molecule has 138 valence electrons. The lowest BCUT2D eigenvalue weighted by Crippen LogP contribution is -2.55. The van der Waals surface area contributed by atoms with Crippen molar-refractivity contribution in [2.24, 2.45) is 0 Å². The highest BCUT2D eigenvalue weighted by Gasteiger charge is 2.46. The van der Waals surface area contributed by atoms with E-state index in [0.717, 1.165) is 12.8 Å². The quantitative estimate of drug-likeness (QED) is 0.699. The molecule has 0 spiro atoms. The van der Waals surface area contributed by atoms with E-state index in [1.807, 2.05) is 51.1 Å². The van der Waals surface area contributed by atoms with Crippen molar-refractivity contribution in [1.29, 1.82) is 0 Å². The minimum atomic E-state index is -0.745. The zero-order valence-electron chi connectivity index (χ0n) is 15.6. The van der Waals surface area contributed by atoms with Crippen molar-refractivity contribution in [2.75, 3.05) is 19.7 Å². The second kappa shape index (κ2) is 8.99. The first-order chi connectivity index (χ1) is 11.9. The largest absolute Gasteiger partial charge is 0.379 e. The van der Waals surface area contributed by atoms with E-state index < -0.39 is 5.54 Å². The van der Waals surface area contributed by atoms with Crippen molar-refractivity contribution in [3.05, 3.63) is 35.9 Å². The second-order valence-electron chi connectivity index (χ2n) is 7.08. The van der Waals surface area contributed by atoms with Gasteiger partial charge in [-0.25, -0.2) is 0 Å². The molecule has 0 unspecified atom stereocenters. The molecule has 1 aliphatic rings. The lowest BCUT2D eigenvalue weighted by atomic mass is 9.97. The van der Waals surface area contributed by atoms with Crippen molar-refractivity contribution in [3.8, 4) is 0 Å². The lowest BCUT2D eigenvalue weighted by molar-refractivity contribution is -0.140. The maximum atomic E-state index is 12.7. The molecule has 1 N–H and O–H groups in total. The minimum Gasteiger partial charge on any atom is -0.379 e. The van der Waals surface area contributed by atoms with Gasteiger partial charge in [0, 0.05) is 26.1 Å². The highest BCUT2D eigenvalue weighted by Crippen LogP contribution is 2.30. The van der Waals surface area contributed by atoms with Crippen LogP contribution in [-0.4, -0.2) is 48.1 Å². The third kappa shape index (κ3) is 5.30. The zero-order valence-corrected chi connectivity index (χ0v) is 15.6. The van der Waals surface area contributed by atoms with Crippen molar-refractivity contribution in [2.45, 2.75) is 58.1 Å². The molecule has 0 bridgehead atoms. The van der Waals surface area contributed by atoms with Crippen LogP contribution in [0.5, 0.6) is 0 Å². The zero-order chi connectivity index (χ0) is 18.3. The molecule has 5 heteroatoms. The van der Waals surface area contributed by atoms with Gasteiger partial charge in [0.25, 0.3) is 0 Å². The average Bonchev–Trinajstić information content (AvgIpc) is 2.89. The van der Waals surface area contributed by atoms with Gasteiger partial charge in [-0.3, -0.25) is 9.59 Å². The number of carbonyl (C=O) groups is 2. The third-order valence-corrected chi connectivity index (χ3v) is 4.74. The molecule has 0 aliphatic carbocycles. The predicted molar refractivity (Wildman–Crippen MR) is 98.2 cm³/mol. The Kier molecular flexibility index (Phi) is 7.00. The summed E-state index contributed by atoms with van der Waals surface area (Å²) in [6.07, 6.45) is 2.76. The van der Waals surface area contributed by atoms with Gasteiger partial charge < -0.3 is 15.0 Å². The van der Waals surface area contributed by atoms with Crippen LogP contribution in [0.1, 0.15) is 45.6 Å². The molecule has 25 heavy (non-hydrogen) atoms. The van der Waals surface area contributed by atoms with Gasteiger partial charge in [-0.1, -0.05) is 30.3 Å².